The number of carboxylic acids is 1. The quantitative estimate of drug-likeness (QED) is 0.736. The van der Waals surface area contributed by atoms with Crippen molar-refractivity contribution in [3.05, 3.63) is 0 Å². The minimum atomic E-state index is -0.929. The highest BCUT2D eigenvalue weighted by Crippen LogP contribution is 2.20. The van der Waals surface area contributed by atoms with Crippen LogP contribution in [0.2, 0.25) is 0 Å². The Kier molecular flexibility index (Phi) is 6.96. The van der Waals surface area contributed by atoms with Crippen molar-refractivity contribution in [3.8, 4) is 0 Å². The third-order valence-electron chi connectivity index (χ3n) is 3.78. The summed E-state index contributed by atoms with van der Waals surface area (Å²) in [6, 6.07) is 0. The lowest BCUT2D eigenvalue weighted by molar-refractivity contribution is -0.146. The smallest absolute Gasteiger partial charge is 0.307 e. The van der Waals surface area contributed by atoms with Gasteiger partial charge < -0.3 is 10.4 Å². The number of hydrogen-bond acceptors (Lipinski definition) is 2. The van der Waals surface area contributed by atoms with Crippen molar-refractivity contribution in [2.45, 2.75) is 41.5 Å². The standard InChI is InChI=1S/C14H27NO3/c1-8(2)12(9(3)4)7-15-13(16)10(5)11(6)14(17)18/h8-12H,7H2,1-6H3,(H,15,16)(H,17,18). The molecule has 4 nitrogen and oxygen atoms in total. The molecule has 0 aliphatic carbocycles. The van der Waals surface area contributed by atoms with Crippen LogP contribution < -0.4 is 5.32 Å². The van der Waals surface area contributed by atoms with Crippen LogP contribution in [0.25, 0.3) is 0 Å². The van der Waals surface area contributed by atoms with Gasteiger partial charge in [-0.2, -0.15) is 0 Å². The lowest BCUT2D eigenvalue weighted by Crippen LogP contribution is -2.39. The lowest BCUT2D eigenvalue weighted by Gasteiger charge is -2.26. The molecule has 0 aliphatic rings. The minimum Gasteiger partial charge on any atom is -0.481 e. The Hall–Kier alpha value is -1.06. The van der Waals surface area contributed by atoms with Crippen LogP contribution in [0.4, 0.5) is 0 Å². The van der Waals surface area contributed by atoms with E-state index in [0.717, 1.165) is 0 Å². The third kappa shape index (κ3) is 5.07. The van der Waals surface area contributed by atoms with E-state index in [4.69, 9.17) is 5.11 Å². The van der Waals surface area contributed by atoms with Crippen LogP contribution in [-0.2, 0) is 9.59 Å². The van der Waals surface area contributed by atoms with E-state index in [1.165, 1.54) is 0 Å². The van der Waals surface area contributed by atoms with Crippen molar-refractivity contribution >= 4 is 11.9 Å². The molecule has 0 aromatic carbocycles. The van der Waals surface area contributed by atoms with Gasteiger partial charge in [0, 0.05) is 12.5 Å². The van der Waals surface area contributed by atoms with E-state index in [2.05, 4.69) is 33.0 Å². The summed E-state index contributed by atoms with van der Waals surface area (Å²) >= 11 is 0. The Balaban J connectivity index is 4.36. The monoisotopic (exact) mass is 257 g/mol. The summed E-state index contributed by atoms with van der Waals surface area (Å²) in [4.78, 5) is 22.7. The maximum Gasteiger partial charge on any atom is 0.307 e. The zero-order valence-electron chi connectivity index (χ0n) is 12.4. The summed E-state index contributed by atoms with van der Waals surface area (Å²) in [5.74, 6) is -0.835. The molecule has 4 heteroatoms. The average Bonchev–Trinajstić information content (AvgIpc) is 2.25. The van der Waals surface area contributed by atoms with Crippen molar-refractivity contribution in [1.82, 2.24) is 5.32 Å². The highest BCUT2D eigenvalue weighted by Gasteiger charge is 2.26. The van der Waals surface area contributed by atoms with Crippen LogP contribution in [0.3, 0.4) is 0 Å². The van der Waals surface area contributed by atoms with E-state index in [1.807, 2.05) is 0 Å². The average molecular weight is 257 g/mol. The molecule has 2 unspecified atom stereocenters. The Labute approximate surface area is 110 Å². The number of hydrogen-bond donors (Lipinski definition) is 2. The summed E-state index contributed by atoms with van der Waals surface area (Å²) in [7, 11) is 0. The fraction of sp³-hybridized carbons (Fsp3) is 0.857. The van der Waals surface area contributed by atoms with Crippen molar-refractivity contribution in [1.29, 1.82) is 0 Å². The maximum absolute atomic E-state index is 11.9. The Bertz CT molecular complexity index is 279. The van der Waals surface area contributed by atoms with E-state index < -0.39 is 17.8 Å². The summed E-state index contributed by atoms with van der Waals surface area (Å²) < 4.78 is 0. The van der Waals surface area contributed by atoms with Crippen LogP contribution in [0.1, 0.15) is 41.5 Å². The molecule has 0 fully saturated rings. The Morgan fingerprint density at radius 2 is 1.39 bits per heavy atom. The van der Waals surface area contributed by atoms with E-state index in [0.29, 0.717) is 24.3 Å². The molecule has 0 saturated heterocycles. The van der Waals surface area contributed by atoms with Crippen LogP contribution in [0, 0.1) is 29.6 Å². The van der Waals surface area contributed by atoms with Gasteiger partial charge in [-0.05, 0) is 17.8 Å². The molecule has 18 heavy (non-hydrogen) atoms. The Morgan fingerprint density at radius 3 is 1.72 bits per heavy atom. The van der Waals surface area contributed by atoms with Gasteiger partial charge in [-0.15, -0.1) is 0 Å². The molecule has 0 saturated carbocycles. The highest BCUT2D eigenvalue weighted by atomic mass is 16.4. The fourth-order valence-corrected chi connectivity index (χ4v) is 2.06. The molecule has 106 valence electrons. The SMILES string of the molecule is CC(C)C(CNC(=O)C(C)C(C)C(=O)O)C(C)C. The van der Waals surface area contributed by atoms with E-state index in [-0.39, 0.29) is 5.91 Å². The van der Waals surface area contributed by atoms with Gasteiger partial charge in [0.05, 0.1) is 5.92 Å². The van der Waals surface area contributed by atoms with E-state index in [1.54, 1.807) is 13.8 Å². The van der Waals surface area contributed by atoms with Crippen molar-refractivity contribution in [2.75, 3.05) is 6.54 Å². The molecule has 0 aliphatic heterocycles. The first-order valence-electron chi connectivity index (χ1n) is 6.69. The molecule has 0 bridgehead atoms. The molecule has 0 radical (unpaired) electrons. The molecule has 0 aromatic heterocycles. The van der Waals surface area contributed by atoms with E-state index >= 15 is 0 Å². The zero-order valence-corrected chi connectivity index (χ0v) is 12.4. The summed E-state index contributed by atoms with van der Waals surface area (Å²) in [5, 5.41) is 11.8. The fourth-order valence-electron chi connectivity index (χ4n) is 2.06. The molecule has 0 heterocycles. The van der Waals surface area contributed by atoms with Crippen molar-refractivity contribution < 1.29 is 14.7 Å². The second-order valence-corrected chi connectivity index (χ2v) is 5.81. The van der Waals surface area contributed by atoms with Gasteiger partial charge in [0.15, 0.2) is 0 Å². The molecular formula is C14H27NO3. The second kappa shape index (κ2) is 7.39. The normalized spacial score (nSPS) is 14.9. The maximum atomic E-state index is 11.9. The van der Waals surface area contributed by atoms with Crippen LogP contribution >= 0.6 is 0 Å². The summed E-state index contributed by atoms with van der Waals surface area (Å²) in [6.07, 6.45) is 0. The predicted octanol–water partition coefficient (Wildman–Crippen LogP) is 2.39. The van der Waals surface area contributed by atoms with Crippen molar-refractivity contribution in [3.63, 3.8) is 0 Å². The first-order chi connectivity index (χ1) is 8.18. The molecule has 1 amide bonds. The lowest BCUT2D eigenvalue weighted by atomic mass is 9.85. The highest BCUT2D eigenvalue weighted by molar-refractivity contribution is 5.84. The summed E-state index contributed by atoms with van der Waals surface area (Å²) in [6.45, 7) is 12.4. The van der Waals surface area contributed by atoms with Gasteiger partial charge in [-0.3, -0.25) is 9.59 Å². The van der Waals surface area contributed by atoms with Crippen LogP contribution in [0.15, 0.2) is 0 Å². The van der Waals surface area contributed by atoms with Gasteiger partial charge in [-0.1, -0.05) is 41.5 Å². The van der Waals surface area contributed by atoms with Gasteiger partial charge in [0.2, 0.25) is 5.91 Å². The summed E-state index contributed by atoms with van der Waals surface area (Å²) in [5.41, 5.74) is 0. The Morgan fingerprint density at radius 1 is 0.944 bits per heavy atom. The number of carboxylic acid groups (broad SMARTS) is 1. The van der Waals surface area contributed by atoms with E-state index in [9.17, 15) is 9.59 Å². The van der Waals surface area contributed by atoms with Gasteiger partial charge in [-0.25, -0.2) is 0 Å². The molecular weight excluding hydrogens is 230 g/mol. The predicted molar refractivity (Wildman–Crippen MR) is 72.1 cm³/mol. The first-order valence-corrected chi connectivity index (χ1v) is 6.69. The molecule has 2 atom stereocenters. The third-order valence-corrected chi connectivity index (χ3v) is 3.78. The number of amides is 1. The molecule has 2 N–H and O–H groups in total. The number of nitrogens with one attached hydrogen (secondary N) is 1. The number of carbonyl (C=O) groups excluding carboxylic acids is 1. The molecule has 0 rings (SSSR count). The van der Waals surface area contributed by atoms with Gasteiger partial charge in [0.25, 0.3) is 0 Å². The zero-order chi connectivity index (χ0) is 14.5. The molecule has 0 aromatic rings. The van der Waals surface area contributed by atoms with Crippen LogP contribution in [-0.4, -0.2) is 23.5 Å². The second-order valence-electron chi connectivity index (χ2n) is 5.81. The number of rotatable bonds is 7. The minimum absolute atomic E-state index is 0.170. The largest absolute Gasteiger partial charge is 0.481 e. The van der Waals surface area contributed by atoms with Gasteiger partial charge in [0.1, 0.15) is 0 Å². The topological polar surface area (TPSA) is 66.4 Å². The van der Waals surface area contributed by atoms with Gasteiger partial charge >= 0.3 is 5.97 Å². The van der Waals surface area contributed by atoms with Crippen LogP contribution in [0.5, 0.6) is 0 Å². The molecule has 0 spiro atoms. The number of carbonyl (C=O) groups is 2. The number of aliphatic carboxylic acids is 1. The van der Waals surface area contributed by atoms with Crippen molar-refractivity contribution in [2.24, 2.45) is 29.6 Å². The first kappa shape index (κ1) is 16.9.